The van der Waals surface area contributed by atoms with E-state index in [2.05, 4.69) is 17.3 Å². The maximum atomic E-state index is 11.5. The number of likely N-dealkylation sites (tertiary alicyclic amines) is 1. The Morgan fingerprint density at radius 3 is 2.87 bits per heavy atom. The SMILES string of the molecule is CCN1CC(C2CCCN(C)C2)NC1=O. The van der Waals surface area contributed by atoms with Crippen molar-refractivity contribution >= 4 is 6.03 Å². The van der Waals surface area contributed by atoms with E-state index in [9.17, 15) is 4.79 Å². The first-order chi connectivity index (χ1) is 7.20. The fourth-order valence-electron chi connectivity index (χ4n) is 2.69. The van der Waals surface area contributed by atoms with E-state index < -0.39 is 0 Å². The van der Waals surface area contributed by atoms with E-state index in [0.717, 1.165) is 19.6 Å². The minimum atomic E-state index is 0.121. The van der Waals surface area contributed by atoms with Gasteiger partial charge in [0.15, 0.2) is 0 Å². The van der Waals surface area contributed by atoms with Crippen LogP contribution in [-0.4, -0.2) is 55.1 Å². The number of amides is 2. The fraction of sp³-hybridized carbons (Fsp3) is 0.909. The normalized spacial score (nSPS) is 33.2. The first-order valence-corrected chi connectivity index (χ1v) is 5.94. The lowest BCUT2D eigenvalue weighted by atomic mass is 9.91. The molecule has 2 atom stereocenters. The molecular formula is C11H21N3O. The van der Waals surface area contributed by atoms with Gasteiger partial charge in [0, 0.05) is 19.6 Å². The predicted molar refractivity (Wildman–Crippen MR) is 59.8 cm³/mol. The van der Waals surface area contributed by atoms with Crippen LogP contribution in [0.5, 0.6) is 0 Å². The van der Waals surface area contributed by atoms with Crippen LogP contribution in [0.3, 0.4) is 0 Å². The molecule has 0 aromatic heterocycles. The zero-order valence-electron chi connectivity index (χ0n) is 9.70. The van der Waals surface area contributed by atoms with Crippen molar-refractivity contribution in [1.82, 2.24) is 15.1 Å². The molecule has 4 nitrogen and oxygen atoms in total. The number of nitrogens with zero attached hydrogens (tertiary/aromatic N) is 2. The summed E-state index contributed by atoms with van der Waals surface area (Å²) in [5.74, 6) is 0.643. The van der Waals surface area contributed by atoms with Gasteiger partial charge in [-0.25, -0.2) is 4.79 Å². The number of likely N-dealkylation sites (N-methyl/N-ethyl adjacent to an activating group) is 1. The Morgan fingerprint density at radius 2 is 2.27 bits per heavy atom. The van der Waals surface area contributed by atoms with Crippen LogP contribution < -0.4 is 5.32 Å². The molecule has 2 unspecified atom stereocenters. The van der Waals surface area contributed by atoms with Gasteiger partial charge in [-0.2, -0.15) is 0 Å². The molecule has 0 spiro atoms. The summed E-state index contributed by atoms with van der Waals surface area (Å²) < 4.78 is 0. The van der Waals surface area contributed by atoms with E-state index in [0.29, 0.717) is 12.0 Å². The van der Waals surface area contributed by atoms with Crippen molar-refractivity contribution in [2.24, 2.45) is 5.92 Å². The summed E-state index contributed by atoms with van der Waals surface area (Å²) in [7, 11) is 2.17. The molecule has 2 aliphatic rings. The molecule has 86 valence electrons. The van der Waals surface area contributed by atoms with Gasteiger partial charge in [0.1, 0.15) is 0 Å². The first kappa shape index (κ1) is 10.7. The largest absolute Gasteiger partial charge is 0.333 e. The molecule has 2 heterocycles. The van der Waals surface area contributed by atoms with Gasteiger partial charge in [0.05, 0.1) is 6.04 Å². The Bertz CT molecular complexity index is 244. The summed E-state index contributed by atoms with van der Waals surface area (Å²) in [5.41, 5.74) is 0. The second-order valence-corrected chi connectivity index (χ2v) is 4.76. The maximum absolute atomic E-state index is 11.5. The fourth-order valence-corrected chi connectivity index (χ4v) is 2.69. The number of rotatable bonds is 2. The van der Waals surface area contributed by atoms with Gasteiger partial charge in [-0.15, -0.1) is 0 Å². The Hall–Kier alpha value is -0.770. The van der Waals surface area contributed by atoms with Crippen molar-refractivity contribution in [3.8, 4) is 0 Å². The van der Waals surface area contributed by atoms with Crippen molar-refractivity contribution in [1.29, 1.82) is 0 Å². The standard InChI is InChI=1S/C11H21N3O/c1-3-14-8-10(12-11(14)15)9-5-4-6-13(2)7-9/h9-10H,3-8H2,1-2H3,(H,12,15). The molecule has 0 radical (unpaired) electrons. The van der Waals surface area contributed by atoms with E-state index in [-0.39, 0.29) is 6.03 Å². The van der Waals surface area contributed by atoms with Gasteiger partial charge in [-0.3, -0.25) is 0 Å². The maximum Gasteiger partial charge on any atom is 0.317 e. The van der Waals surface area contributed by atoms with E-state index >= 15 is 0 Å². The van der Waals surface area contributed by atoms with E-state index in [1.807, 2.05) is 11.8 Å². The van der Waals surface area contributed by atoms with Crippen LogP contribution in [0, 0.1) is 5.92 Å². The minimum absolute atomic E-state index is 0.121. The topological polar surface area (TPSA) is 35.6 Å². The van der Waals surface area contributed by atoms with Gasteiger partial charge < -0.3 is 15.1 Å². The van der Waals surface area contributed by atoms with Gasteiger partial charge in [-0.1, -0.05) is 0 Å². The molecule has 0 aliphatic carbocycles. The highest BCUT2D eigenvalue weighted by molar-refractivity contribution is 5.76. The number of hydrogen-bond acceptors (Lipinski definition) is 2. The summed E-state index contributed by atoms with van der Waals surface area (Å²) in [5, 5.41) is 3.11. The molecule has 15 heavy (non-hydrogen) atoms. The number of urea groups is 1. The van der Waals surface area contributed by atoms with Crippen LogP contribution in [0.4, 0.5) is 4.79 Å². The molecule has 2 aliphatic heterocycles. The Kier molecular flexibility index (Phi) is 3.14. The van der Waals surface area contributed by atoms with Gasteiger partial charge in [-0.05, 0) is 39.3 Å². The average molecular weight is 211 g/mol. The Morgan fingerprint density at radius 1 is 1.47 bits per heavy atom. The van der Waals surface area contributed by atoms with Crippen molar-refractivity contribution in [2.45, 2.75) is 25.8 Å². The van der Waals surface area contributed by atoms with Gasteiger partial charge >= 0.3 is 6.03 Å². The lowest BCUT2D eigenvalue weighted by molar-refractivity contribution is 0.180. The predicted octanol–water partition coefficient (Wildman–Crippen LogP) is 0.742. The molecule has 0 bridgehead atoms. The lowest BCUT2D eigenvalue weighted by Gasteiger charge is -2.32. The molecule has 0 saturated carbocycles. The van der Waals surface area contributed by atoms with Crippen LogP contribution >= 0.6 is 0 Å². The highest BCUT2D eigenvalue weighted by Gasteiger charge is 2.34. The molecule has 4 heteroatoms. The van der Waals surface area contributed by atoms with Crippen LogP contribution in [0.25, 0.3) is 0 Å². The molecular weight excluding hydrogens is 190 g/mol. The monoisotopic (exact) mass is 211 g/mol. The van der Waals surface area contributed by atoms with E-state index in [1.165, 1.54) is 19.4 Å². The molecule has 0 aromatic carbocycles. The molecule has 2 rings (SSSR count). The van der Waals surface area contributed by atoms with Crippen LogP contribution in [0.1, 0.15) is 19.8 Å². The summed E-state index contributed by atoms with van der Waals surface area (Å²) in [6.07, 6.45) is 2.52. The number of carbonyl (C=O) groups is 1. The molecule has 2 fully saturated rings. The second kappa shape index (κ2) is 4.39. The number of hydrogen-bond donors (Lipinski definition) is 1. The highest BCUT2D eigenvalue weighted by Crippen LogP contribution is 2.22. The van der Waals surface area contributed by atoms with E-state index in [4.69, 9.17) is 0 Å². The molecule has 2 saturated heterocycles. The van der Waals surface area contributed by atoms with Crippen molar-refractivity contribution in [2.75, 3.05) is 33.2 Å². The third kappa shape index (κ3) is 2.25. The number of nitrogens with one attached hydrogen (secondary N) is 1. The zero-order valence-corrected chi connectivity index (χ0v) is 9.70. The van der Waals surface area contributed by atoms with Crippen molar-refractivity contribution in [3.63, 3.8) is 0 Å². The van der Waals surface area contributed by atoms with Crippen molar-refractivity contribution in [3.05, 3.63) is 0 Å². The Labute approximate surface area is 91.6 Å². The zero-order chi connectivity index (χ0) is 10.8. The third-order valence-corrected chi connectivity index (χ3v) is 3.62. The molecule has 1 N–H and O–H groups in total. The van der Waals surface area contributed by atoms with Crippen LogP contribution in [-0.2, 0) is 0 Å². The Balaban J connectivity index is 1.92. The van der Waals surface area contributed by atoms with Gasteiger partial charge in [0.25, 0.3) is 0 Å². The quantitative estimate of drug-likeness (QED) is 0.731. The molecule has 0 aromatic rings. The number of piperidine rings is 1. The second-order valence-electron chi connectivity index (χ2n) is 4.76. The van der Waals surface area contributed by atoms with Gasteiger partial charge in [0.2, 0.25) is 0 Å². The average Bonchev–Trinajstić information content (AvgIpc) is 2.60. The smallest absolute Gasteiger partial charge is 0.317 e. The number of carbonyl (C=O) groups excluding carboxylic acids is 1. The van der Waals surface area contributed by atoms with Crippen LogP contribution in [0.15, 0.2) is 0 Å². The minimum Gasteiger partial charge on any atom is -0.333 e. The highest BCUT2D eigenvalue weighted by atomic mass is 16.2. The summed E-state index contributed by atoms with van der Waals surface area (Å²) >= 11 is 0. The summed E-state index contributed by atoms with van der Waals surface area (Å²) in [6.45, 7) is 6.09. The molecule has 2 amide bonds. The van der Waals surface area contributed by atoms with Crippen LogP contribution in [0.2, 0.25) is 0 Å². The lowest BCUT2D eigenvalue weighted by Crippen LogP contribution is -2.43. The van der Waals surface area contributed by atoms with Crippen molar-refractivity contribution < 1.29 is 4.79 Å². The summed E-state index contributed by atoms with van der Waals surface area (Å²) in [4.78, 5) is 15.8. The summed E-state index contributed by atoms with van der Waals surface area (Å²) in [6, 6.07) is 0.496. The third-order valence-electron chi connectivity index (χ3n) is 3.62. The van der Waals surface area contributed by atoms with E-state index in [1.54, 1.807) is 0 Å². The first-order valence-electron chi connectivity index (χ1n) is 5.94.